The number of aryl methyl sites for hydroxylation is 1. The van der Waals surface area contributed by atoms with Crippen molar-refractivity contribution in [1.82, 2.24) is 4.98 Å². The van der Waals surface area contributed by atoms with Gasteiger partial charge in [-0.3, -0.25) is 4.79 Å². The highest BCUT2D eigenvalue weighted by molar-refractivity contribution is 7.17. The molecule has 0 amide bonds. The number of carbonyl (C=O) groups is 2. The second kappa shape index (κ2) is 8.31. The Hall–Kier alpha value is -3.06. The van der Waals surface area contributed by atoms with Gasteiger partial charge in [-0.1, -0.05) is 0 Å². The van der Waals surface area contributed by atoms with Gasteiger partial charge in [-0.15, -0.1) is 11.3 Å². The maximum Gasteiger partial charge on any atom is 0.350 e. The molecule has 0 fully saturated rings. The van der Waals surface area contributed by atoms with Crippen LogP contribution < -0.4 is 4.74 Å². The van der Waals surface area contributed by atoms with Crippen LogP contribution in [0.15, 0.2) is 48.5 Å². The van der Waals surface area contributed by atoms with Gasteiger partial charge in [0.05, 0.1) is 12.8 Å². The number of nitrogens with zero attached hydrogens (tertiary/aromatic N) is 1. The molecule has 3 aromatic rings. The predicted molar refractivity (Wildman–Crippen MR) is 104 cm³/mol. The quantitative estimate of drug-likeness (QED) is 0.444. The molecule has 0 spiro atoms. The van der Waals surface area contributed by atoms with Crippen LogP contribution in [0.1, 0.15) is 32.6 Å². The zero-order valence-corrected chi connectivity index (χ0v) is 16.4. The Morgan fingerprint density at radius 3 is 2.32 bits per heavy atom. The summed E-state index contributed by atoms with van der Waals surface area (Å²) in [7, 11) is 1.59. The third kappa shape index (κ3) is 4.26. The molecule has 0 saturated carbocycles. The maximum absolute atomic E-state index is 13.0. The maximum atomic E-state index is 13.0. The second-order valence-corrected chi connectivity index (χ2v) is 7.08. The van der Waals surface area contributed by atoms with Crippen molar-refractivity contribution in [2.45, 2.75) is 20.0 Å². The summed E-state index contributed by atoms with van der Waals surface area (Å²) < 4.78 is 23.5. The van der Waals surface area contributed by atoms with Gasteiger partial charge in [0.2, 0.25) is 5.78 Å². The van der Waals surface area contributed by atoms with Gasteiger partial charge in [0.25, 0.3) is 0 Å². The van der Waals surface area contributed by atoms with Crippen molar-refractivity contribution >= 4 is 23.1 Å². The highest BCUT2D eigenvalue weighted by atomic mass is 32.1. The van der Waals surface area contributed by atoms with E-state index in [0.29, 0.717) is 15.6 Å². The van der Waals surface area contributed by atoms with Gasteiger partial charge in [0.15, 0.2) is 6.10 Å². The van der Waals surface area contributed by atoms with Crippen molar-refractivity contribution in [1.29, 1.82) is 0 Å². The Balaban J connectivity index is 1.74. The van der Waals surface area contributed by atoms with E-state index in [0.717, 1.165) is 11.3 Å². The van der Waals surface area contributed by atoms with Gasteiger partial charge >= 0.3 is 5.97 Å². The first kappa shape index (κ1) is 19.7. The van der Waals surface area contributed by atoms with Crippen LogP contribution >= 0.6 is 11.3 Å². The number of hydrogen-bond donors (Lipinski definition) is 0. The number of carbonyl (C=O) groups excluding carboxylic acids is 2. The van der Waals surface area contributed by atoms with Crippen LogP contribution in [0.5, 0.6) is 5.75 Å². The molecule has 3 rings (SSSR count). The zero-order chi connectivity index (χ0) is 20.3. The molecule has 0 saturated heterocycles. The molecular weight excluding hydrogens is 381 g/mol. The Morgan fingerprint density at radius 2 is 1.71 bits per heavy atom. The molecule has 0 radical (unpaired) electrons. The van der Waals surface area contributed by atoms with E-state index in [2.05, 4.69) is 4.98 Å². The third-order valence-corrected chi connectivity index (χ3v) is 5.29. The summed E-state index contributed by atoms with van der Waals surface area (Å²) in [6, 6.07) is 12.4. The van der Waals surface area contributed by atoms with Crippen LogP contribution in [0.25, 0.3) is 10.6 Å². The lowest BCUT2D eigenvalue weighted by Gasteiger charge is -2.11. The molecule has 1 heterocycles. The summed E-state index contributed by atoms with van der Waals surface area (Å²) >= 11 is 1.20. The summed E-state index contributed by atoms with van der Waals surface area (Å²) in [5.41, 5.74) is 1.66. The van der Waals surface area contributed by atoms with Crippen molar-refractivity contribution in [2.75, 3.05) is 7.11 Å². The number of aromatic nitrogens is 1. The topological polar surface area (TPSA) is 65.5 Å². The van der Waals surface area contributed by atoms with Crippen LogP contribution in [0.2, 0.25) is 0 Å². The number of ketones is 1. The minimum Gasteiger partial charge on any atom is -0.497 e. The molecule has 144 valence electrons. The first-order valence-electron chi connectivity index (χ1n) is 8.51. The number of methoxy groups -OCH3 is 1. The van der Waals surface area contributed by atoms with E-state index in [1.54, 1.807) is 14.0 Å². The molecule has 2 aromatic carbocycles. The summed E-state index contributed by atoms with van der Waals surface area (Å²) in [4.78, 5) is 29.7. The van der Waals surface area contributed by atoms with Crippen molar-refractivity contribution in [2.24, 2.45) is 0 Å². The molecule has 1 aromatic heterocycles. The van der Waals surface area contributed by atoms with Gasteiger partial charge in [0, 0.05) is 11.1 Å². The lowest BCUT2D eigenvalue weighted by molar-refractivity contribution is 0.0322. The fourth-order valence-electron chi connectivity index (χ4n) is 2.56. The van der Waals surface area contributed by atoms with Gasteiger partial charge in [-0.2, -0.15) is 0 Å². The monoisotopic (exact) mass is 399 g/mol. The average molecular weight is 399 g/mol. The van der Waals surface area contributed by atoms with Crippen LogP contribution in [0.3, 0.4) is 0 Å². The molecule has 0 unspecified atom stereocenters. The number of thiazole rings is 1. The number of hydrogen-bond acceptors (Lipinski definition) is 6. The number of rotatable bonds is 6. The molecule has 0 bridgehead atoms. The predicted octanol–water partition coefficient (Wildman–Crippen LogP) is 4.69. The molecule has 5 nitrogen and oxygen atoms in total. The molecule has 28 heavy (non-hydrogen) atoms. The van der Waals surface area contributed by atoms with Gasteiger partial charge in [-0.25, -0.2) is 14.2 Å². The molecule has 0 aliphatic rings. The second-order valence-electron chi connectivity index (χ2n) is 6.08. The smallest absolute Gasteiger partial charge is 0.350 e. The fraction of sp³-hybridized carbons (Fsp3) is 0.190. The summed E-state index contributed by atoms with van der Waals surface area (Å²) in [6.45, 7) is 3.21. The number of benzene rings is 2. The number of halogens is 1. The fourth-order valence-corrected chi connectivity index (χ4v) is 3.51. The minimum absolute atomic E-state index is 0.279. The van der Waals surface area contributed by atoms with Crippen molar-refractivity contribution in [3.63, 3.8) is 0 Å². The Labute approximate surface area is 165 Å². The SMILES string of the molecule is COc1ccc(-c2nc(C)c(C(=O)O[C@@H](C)C(=O)c3ccc(F)cc3)s2)cc1. The van der Waals surface area contributed by atoms with Crippen molar-refractivity contribution < 1.29 is 23.5 Å². The zero-order valence-electron chi connectivity index (χ0n) is 15.6. The molecule has 0 N–H and O–H groups in total. The first-order chi connectivity index (χ1) is 13.4. The molecule has 7 heteroatoms. The highest BCUT2D eigenvalue weighted by Crippen LogP contribution is 2.30. The lowest BCUT2D eigenvalue weighted by atomic mass is 10.1. The van der Waals surface area contributed by atoms with Crippen LogP contribution in [-0.2, 0) is 4.74 Å². The van der Waals surface area contributed by atoms with E-state index in [9.17, 15) is 14.0 Å². The minimum atomic E-state index is -0.996. The molecular formula is C21H18FNO4S. The average Bonchev–Trinajstić information content (AvgIpc) is 3.09. The van der Waals surface area contributed by atoms with Crippen LogP contribution in [0, 0.1) is 12.7 Å². The highest BCUT2D eigenvalue weighted by Gasteiger charge is 2.24. The Bertz CT molecular complexity index is 996. The summed E-state index contributed by atoms with van der Waals surface area (Å²) in [5.74, 6) is -0.721. The Morgan fingerprint density at radius 1 is 1.07 bits per heavy atom. The van der Waals surface area contributed by atoms with E-state index in [1.807, 2.05) is 24.3 Å². The third-order valence-electron chi connectivity index (χ3n) is 4.10. The van der Waals surface area contributed by atoms with E-state index in [4.69, 9.17) is 9.47 Å². The Kier molecular flexibility index (Phi) is 5.84. The lowest BCUT2D eigenvalue weighted by Crippen LogP contribution is -2.24. The van der Waals surface area contributed by atoms with Crippen molar-refractivity contribution in [3.05, 3.63) is 70.5 Å². The number of esters is 1. The van der Waals surface area contributed by atoms with Gasteiger partial charge in [-0.05, 0) is 62.4 Å². The van der Waals surface area contributed by atoms with Crippen molar-refractivity contribution in [3.8, 4) is 16.3 Å². The largest absolute Gasteiger partial charge is 0.497 e. The standard InChI is InChI=1S/C21H18FNO4S/c1-12-19(28-20(23-12)15-6-10-17(26-3)11-7-15)21(25)27-13(2)18(24)14-4-8-16(22)9-5-14/h4-11,13H,1-3H3/t13-/m0/s1. The summed E-state index contributed by atoms with van der Waals surface area (Å²) in [5, 5.41) is 0.671. The van der Waals surface area contributed by atoms with E-state index in [1.165, 1.54) is 42.5 Å². The van der Waals surface area contributed by atoms with E-state index >= 15 is 0 Å². The van der Waals surface area contributed by atoms with E-state index < -0.39 is 23.7 Å². The molecule has 1 atom stereocenters. The molecule has 0 aliphatic carbocycles. The normalized spacial score (nSPS) is 11.7. The summed E-state index contributed by atoms with van der Waals surface area (Å²) in [6.07, 6.45) is -0.996. The molecule has 0 aliphatic heterocycles. The van der Waals surface area contributed by atoms with E-state index in [-0.39, 0.29) is 5.56 Å². The first-order valence-corrected chi connectivity index (χ1v) is 9.33. The van der Waals surface area contributed by atoms with Crippen LogP contribution in [0.4, 0.5) is 4.39 Å². The number of Topliss-reactive ketones (excluding diaryl/α,β-unsaturated/α-hetero) is 1. The number of ether oxygens (including phenoxy) is 2. The van der Waals surface area contributed by atoms with Gasteiger partial charge in [0.1, 0.15) is 21.5 Å². The van der Waals surface area contributed by atoms with Gasteiger partial charge < -0.3 is 9.47 Å². The van der Waals surface area contributed by atoms with Crippen LogP contribution in [-0.4, -0.2) is 30.0 Å².